The van der Waals surface area contributed by atoms with Crippen molar-refractivity contribution in [3.05, 3.63) is 16.4 Å². The average Bonchev–Trinajstić information content (AvgIpc) is 2.55. The smallest absolute Gasteiger partial charge is 0.408 e. The number of aryl methyl sites for hydroxylation is 1. The maximum atomic E-state index is 11.8. The van der Waals surface area contributed by atoms with Crippen LogP contribution in [0, 0.1) is 0 Å². The second-order valence-electron chi connectivity index (χ2n) is 5.31. The molecule has 1 atom stereocenters. The number of carbonyl (C=O) groups is 2. The number of aliphatic carboxylic acids is 1. The molecule has 1 amide bonds. The van der Waals surface area contributed by atoms with Crippen LogP contribution in [0.15, 0.2) is 10.8 Å². The minimum atomic E-state index is -1.03. The topological polar surface area (TPSA) is 93.5 Å². The summed E-state index contributed by atoms with van der Waals surface area (Å²) in [6, 6.07) is -0.717. The lowest BCUT2D eigenvalue weighted by Gasteiger charge is -2.22. The number of halogens is 1. The van der Waals surface area contributed by atoms with E-state index in [9.17, 15) is 9.59 Å². The number of nitrogens with zero attached hydrogens (tertiary/aromatic N) is 2. The summed E-state index contributed by atoms with van der Waals surface area (Å²) in [6.07, 6.45) is 0.581. The van der Waals surface area contributed by atoms with Gasteiger partial charge in [0.15, 0.2) is 0 Å². The number of carbonyl (C=O) groups excluding carboxylic acids is 1. The third-order valence-electron chi connectivity index (χ3n) is 2.34. The summed E-state index contributed by atoms with van der Waals surface area (Å²) in [5.74, 6) is -1.03. The first kappa shape index (κ1) is 16.5. The molecule has 0 saturated heterocycles. The molecular weight excluding hydrogens is 330 g/mol. The number of carboxylic acids is 1. The van der Waals surface area contributed by atoms with E-state index in [2.05, 4.69) is 26.3 Å². The Morgan fingerprint density at radius 2 is 2.15 bits per heavy atom. The summed E-state index contributed by atoms with van der Waals surface area (Å²) in [5.41, 5.74) is -0.0647. The number of hydrogen-bond donors (Lipinski definition) is 2. The van der Waals surface area contributed by atoms with Gasteiger partial charge < -0.3 is 15.2 Å². The Kier molecular flexibility index (Phi) is 5.15. The van der Waals surface area contributed by atoms with Gasteiger partial charge in [-0.05, 0) is 36.7 Å². The number of hydrogen-bond acceptors (Lipinski definition) is 4. The number of aromatic nitrogens is 2. The summed E-state index contributed by atoms with van der Waals surface area (Å²) >= 11 is 3.31. The van der Waals surface area contributed by atoms with Crippen molar-refractivity contribution in [2.45, 2.75) is 38.8 Å². The molecule has 112 valence electrons. The van der Waals surface area contributed by atoms with E-state index in [1.54, 1.807) is 32.5 Å². The zero-order valence-electron chi connectivity index (χ0n) is 11.8. The molecule has 0 fully saturated rings. The highest BCUT2D eigenvalue weighted by molar-refractivity contribution is 9.10. The molecule has 0 saturated carbocycles. The quantitative estimate of drug-likeness (QED) is 0.870. The summed E-state index contributed by atoms with van der Waals surface area (Å²) < 4.78 is 7.29. The highest BCUT2D eigenvalue weighted by atomic mass is 79.9. The summed E-state index contributed by atoms with van der Waals surface area (Å²) in [5, 5.41) is 15.5. The number of amides is 1. The van der Waals surface area contributed by atoms with E-state index in [-0.39, 0.29) is 6.42 Å². The Morgan fingerprint density at radius 3 is 2.55 bits per heavy atom. The van der Waals surface area contributed by atoms with Gasteiger partial charge >= 0.3 is 12.1 Å². The fraction of sp³-hybridized carbons (Fsp3) is 0.583. The minimum absolute atomic E-state index is 0.260. The average molecular weight is 348 g/mol. The predicted octanol–water partition coefficient (Wildman–Crippen LogP) is 2.22. The first-order valence-corrected chi connectivity index (χ1v) is 6.78. The Labute approximate surface area is 125 Å². The molecule has 1 aromatic heterocycles. The van der Waals surface area contributed by atoms with Gasteiger partial charge in [0.2, 0.25) is 0 Å². The molecule has 0 bridgehead atoms. The largest absolute Gasteiger partial charge is 0.481 e. The fourth-order valence-corrected chi connectivity index (χ4v) is 2.01. The maximum Gasteiger partial charge on any atom is 0.408 e. The second kappa shape index (κ2) is 6.25. The van der Waals surface area contributed by atoms with Crippen molar-refractivity contribution < 1.29 is 19.4 Å². The van der Waals surface area contributed by atoms with E-state index >= 15 is 0 Å². The van der Waals surface area contributed by atoms with Crippen LogP contribution in [0.25, 0.3) is 0 Å². The predicted molar refractivity (Wildman–Crippen MR) is 75.3 cm³/mol. The molecule has 0 spiro atoms. The van der Waals surface area contributed by atoms with E-state index in [1.165, 1.54) is 6.20 Å². The SMILES string of the molecule is Cn1ncc([C@@H](CC(=O)O)NC(=O)OC(C)(C)C)c1Br. The zero-order valence-corrected chi connectivity index (χ0v) is 13.4. The van der Waals surface area contributed by atoms with Crippen LogP contribution in [0.2, 0.25) is 0 Å². The standard InChI is InChI=1S/C12H18BrN3O4/c1-12(2,3)20-11(19)15-8(5-9(17)18)7-6-14-16(4)10(7)13/h6,8H,5H2,1-4H3,(H,15,19)(H,17,18)/t8-/m1/s1. The minimum Gasteiger partial charge on any atom is -0.481 e. The molecule has 0 aliphatic carbocycles. The van der Waals surface area contributed by atoms with E-state index < -0.39 is 23.7 Å². The normalized spacial score (nSPS) is 12.8. The molecule has 2 N–H and O–H groups in total. The van der Waals surface area contributed by atoms with Crippen LogP contribution < -0.4 is 5.32 Å². The van der Waals surface area contributed by atoms with Gasteiger partial charge in [0, 0.05) is 12.6 Å². The summed E-state index contributed by atoms with van der Waals surface area (Å²) in [4.78, 5) is 22.7. The molecular formula is C12H18BrN3O4. The van der Waals surface area contributed by atoms with Crippen LogP contribution in [0.4, 0.5) is 4.79 Å². The van der Waals surface area contributed by atoms with E-state index in [0.717, 1.165) is 0 Å². The number of carboxylic acid groups (broad SMARTS) is 1. The second-order valence-corrected chi connectivity index (χ2v) is 6.06. The van der Waals surface area contributed by atoms with Crippen molar-refractivity contribution in [3.8, 4) is 0 Å². The Balaban J connectivity index is 2.88. The highest BCUT2D eigenvalue weighted by Gasteiger charge is 2.25. The van der Waals surface area contributed by atoms with Crippen LogP contribution in [0.1, 0.15) is 38.8 Å². The lowest BCUT2D eigenvalue weighted by molar-refractivity contribution is -0.137. The van der Waals surface area contributed by atoms with Gasteiger partial charge in [-0.2, -0.15) is 5.10 Å². The fourth-order valence-electron chi connectivity index (χ4n) is 1.54. The molecule has 0 aliphatic rings. The lowest BCUT2D eigenvalue weighted by Crippen LogP contribution is -2.35. The molecule has 8 heteroatoms. The molecule has 0 aromatic carbocycles. The van der Waals surface area contributed by atoms with Gasteiger partial charge in [-0.25, -0.2) is 4.79 Å². The van der Waals surface area contributed by atoms with Crippen LogP contribution >= 0.6 is 15.9 Å². The lowest BCUT2D eigenvalue weighted by atomic mass is 10.1. The molecule has 1 aromatic rings. The van der Waals surface area contributed by atoms with Crippen LogP contribution in [0.3, 0.4) is 0 Å². The van der Waals surface area contributed by atoms with Gasteiger partial charge in [-0.1, -0.05) is 0 Å². The monoisotopic (exact) mass is 347 g/mol. The third kappa shape index (κ3) is 4.84. The summed E-state index contributed by atoms with van der Waals surface area (Å²) in [7, 11) is 1.71. The third-order valence-corrected chi connectivity index (χ3v) is 3.31. The van der Waals surface area contributed by atoms with Crippen LogP contribution in [-0.2, 0) is 16.6 Å². The summed E-state index contributed by atoms with van der Waals surface area (Å²) in [6.45, 7) is 5.20. The Morgan fingerprint density at radius 1 is 1.55 bits per heavy atom. The molecule has 0 aliphatic heterocycles. The van der Waals surface area contributed by atoms with Crippen LogP contribution in [-0.4, -0.2) is 32.6 Å². The number of nitrogens with one attached hydrogen (secondary N) is 1. The molecule has 0 radical (unpaired) electrons. The van der Waals surface area contributed by atoms with E-state index in [1.807, 2.05) is 0 Å². The van der Waals surface area contributed by atoms with Gasteiger partial charge in [0.05, 0.1) is 18.7 Å². The van der Waals surface area contributed by atoms with Crippen molar-refractivity contribution >= 4 is 28.0 Å². The van der Waals surface area contributed by atoms with Crippen molar-refractivity contribution in [1.82, 2.24) is 15.1 Å². The number of ether oxygens (including phenoxy) is 1. The van der Waals surface area contributed by atoms with Crippen molar-refractivity contribution in [2.75, 3.05) is 0 Å². The van der Waals surface area contributed by atoms with E-state index in [0.29, 0.717) is 10.2 Å². The first-order chi connectivity index (χ1) is 9.10. The maximum absolute atomic E-state index is 11.8. The van der Waals surface area contributed by atoms with Crippen molar-refractivity contribution in [1.29, 1.82) is 0 Å². The molecule has 1 heterocycles. The van der Waals surface area contributed by atoms with Gasteiger partial charge in [0.1, 0.15) is 10.2 Å². The van der Waals surface area contributed by atoms with Crippen molar-refractivity contribution in [2.24, 2.45) is 7.05 Å². The van der Waals surface area contributed by atoms with Gasteiger partial charge in [-0.15, -0.1) is 0 Å². The first-order valence-electron chi connectivity index (χ1n) is 5.99. The molecule has 0 unspecified atom stereocenters. The highest BCUT2D eigenvalue weighted by Crippen LogP contribution is 2.25. The number of rotatable bonds is 4. The molecule has 1 rings (SSSR count). The van der Waals surface area contributed by atoms with E-state index in [4.69, 9.17) is 9.84 Å². The Hall–Kier alpha value is -1.57. The zero-order chi connectivity index (χ0) is 15.5. The Bertz CT molecular complexity index is 507. The number of alkyl carbamates (subject to hydrolysis) is 1. The van der Waals surface area contributed by atoms with Gasteiger partial charge in [-0.3, -0.25) is 9.48 Å². The van der Waals surface area contributed by atoms with Crippen LogP contribution in [0.5, 0.6) is 0 Å². The molecule has 7 nitrogen and oxygen atoms in total. The molecule has 20 heavy (non-hydrogen) atoms. The van der Waals surface area contributed by atoms with Gasteiger partial charge in [0.25, 0.3) is 0 Å². The van der Waals surface area contributed by atoms with Crippen molar-refractivity contribution in [3.63, 3.8) is 0 Å².